The highest BCUT2D eigenvalue weighted by Gasteiger charge is 2.21. The summed E-state index contributed by atoms with van der Waals surface area (Å²) in [6, 6.07) is 4.12. The number of amides is 1. The van der Waals surface area contributed by atoms with Crippen LogP contribution in [-0.2, 0) is 22.5 Å². The third-order valence-corrected chi connectivity index (χ3v) is 3.29. The molecule has 0 heterocycles. The van der Waals surface area contributed by atoms with Crippen molar-refractivity contribution in [1.82, 2.24) is 0 Å². The summed E-state index contributed by atoms with van der Waals surface area (Å²) >= 11 is 5.64. The molecular formula is C14H20ClNO2. The summed E-state index contributed by atoms with van der Waals surface area (Å²) in [5, 5.41) is 1.32. The molecule has 0 radical (unpaired) electrons. The van der Waals surface area contributed by atoms with Crippen molar-refractivity contribution in [1.29, 1.82) is 0 Å². The van der Waals surface area contributed by atoms with Gasteiger partial charge in [-0.2, -0.15) is 5.06 Å². The molecule has 0 aliphatic heterocycles. The van der Waals surface area contributed by atoms with E-state index in [0.717, 1.165) is 35.2 Å². The molecule has 3 nitrogen and oxygen atoms in total. The maximum Gasteiger partial charge on any atom is 0.265 e. The molecule has 0 aliphatic rings. The van der Waals surface area contributed by atoms with Gasteiger partial charge in [0, 0.05) is 0 Å². The van der Waals surface area contributed by atoms with Gasteiger partial charge < -0.3 is 0 Å². The normalized spacial score (nSPS) is 10.5. The standard InChI is InChI=1S/C14H20ClNO2/c1-5-11-8-7-10(3)12(6-2)14(11)16(18-4)13(17)9-15/h7-8H,5-6,9H2,1-4H3. The zero-order chi connectivity index (χ0) is 13.7. The molecule has 0 atom stereocenters. The van der Waals surface area contributed by atoms with Crippen molar-refractivity contribution >= 4 is 23.2 Å². The minimum atomic E-state index is -0.242. The summed E-state index contributed by atoms with van der Waals surface area (Å²) in [6.07, 6.45) is 1.70. The van der Waals surface area contributed by atoms with Crippen LogP contribution in [0, 0.1) is 6.92 Å². The number of hydroxylamine groups is 1. The van der Waals surface area contributed by atoms with E-state index in [-0.39, 0.29) is 11.8 Å². The Labute approximate surface area is 114 Å². The largest absolute Gasteiger partial charge is 0.271 e. The van der Waals surface area contributed by atoms with Gasteiger partial charge in [0.05, 0.1) is 12.8 Å². The van der Waals surface area contributed by atoms with Crippen LogP contribution in [0.2, 0.25) is 0 Å². The van der Waals surface area contributed by atoms with Gasteiger partial charge in [-0.1, -0.05) is 26.0 Å². The predicted molar refractivity (Wildman–Crippen MR) is 75.2 cm³/mol. The van der Waals surface area contributed by atoms with E-state index in [1.165, 1.54) is 12.2 Å². The van der Waals surface area contributed by atoms with Crippen LogP contribution in [0.4, 0.5) is 5.69 Å². The average molecular weight is 270 g/mol. The highest BCUT2D eigenvalue weighted by molar-refractivity contribution is 6.29. The summed E-state index contributed by atoms with van der Waals surface area (Å²) in [5.74, 6) is -0.331. The number of hydrogen-bond acceptors (Lipinski definition) is 2. The fourth-order valence-electron chi connectivity index (χ4n) is 2.14. The molecule has 0 unspecified atom stereocenters. The first-order chi connectivity index (χ1) is 8.60. The van der Waals surface area contributed by atoms with E-state index in [2.05, 4.69) is 19.9 Å². The molecule has 100 valence electrons. The quantitative estimate of drug-likeness (QED) is 0.607. The number of halogens is 1. The molecule has 0 saturated heterocycles. The molecule has 0 aromatic heterocycles. The van der Waals surface area contributed by atoms with Crippen LogP contribution < -0.4 is 5.06 Å². The van der Waals surface area contributed by atoms with Crippen molar-refractivity contribution in [3.05, 3.63) is 28.8 Å². The summed E-state index contributed by atoms with van der Waals surface area (Å²) in [6.45, 7) is 6.18. The molecule has 0 aliphatic carbocycles. The first-order valence-electron chi connectivity index (χ1n) is 6.14. The van der Waals surface area contributed by atoms with E-state index in [1.807, 2.05) is 13.0 Å². The fourth-order valence-corrected chi connectivity index (χ4v) is 2.25. The lowest BCUT2D eigenvalue weighted by Gasteiger charge is -2.25. The van der Waals surface area contributed by atoms with Gasteiger partial charge in [0.1, 0.15) is 5.88 Å². The number of carbonyl (C=O) groups is 1. The molecular weight excluding hydrogens is 250 g/mol. The molecule has 1 amide bonds. The van der Waals surface area contributed by atoms with Gasteiger partial charge in [0.15, 0.2) is 0 Å². The number of rotatable bonds is 5. The lowest BCUT2D eigenvalue weighted by molar-refractivity contribution is -0.122. The monoisotopic (exact) mass is 269 g/mol. The topological polar surface area (TPSA) is 29.5 Å². The van der Waals surface area contributed by atoms with Crippen molar-refractivity contribution in [2.75, 3.05) is 18.1 Å². The Kier molecular flexibility index (Phi) is 5.63. The smallest absolute Gasteiger partial charge is 0.265 e. The Hall–Kier alpha value is -1.06. The predicted octanol–water partition coefficient (Wildman–Crippen LogP) is 3.25. The van der Waals surface area contributed by atoms with Gasteiger partial charge in [0.25, 0.3) is 5.91 Å². The SMILES string of the molecule is CCc1ccc(C)c(CC)c1N(OC)C(=O)CCl. The summed E-state index contributed by atoms with van der Waals surface area (Å²) < 4.78 is 0. The maximum atomic E-state index is 11.9. The Balaban J connectivity index is 3.42. The van der Waals surface area contributed by atoms with Gasteiger partial charge in [-0.05, 0) is 36.5 Å². The Morgan fingerprint density at radius 1 is 1.33 bits per heavy atom. The lowest BCUT2D eigenvalue weighted by Crippen LogP contribution is -2.32. The molecule has 0 bridgehead atoms. The highest BCUT2D eigenvalue weighted by atomic mass is 35.5. The second kappa shape index (κ2) is 6.76. The second-order valence-corrected chi connectivity index (χ2v) is 4.35. The minimum Gasteiger partial charge on any atom is -0.271 e. The zero-order valence-corrected chi connectivity index (χ0v) is 12.2. The summed E-state index contributed by atoms with van der Waals surface area (Å²) in [5.41, 5.74) is 4.25. The minimum absolute atomic E-state index is 0.0892. The van der Waals surface area contributed by atoms with Crippen LogP contribution in [0.1, 0.15) is 30.5 Å². The van der Waals surface area contributed by atoms with Gasteiger partial charge in [-0.15, -0.1) is 11.6 Å². The zero-order valence-electron chi connectivity index (χ0n) is 11.4. The summed E-state index contributed by atoms with van der Waals surface area (Å²) in [4.78, 5) is 17.1. The first kappa shape index (κ1) is 15.0. The lowest BCUT2D eigenvalue weighted by atomic mass is 9.98. The van der Waals surface area contributed by atoms with Gasteiger partial charge in [-0.3, -0.25) is 9.63 Å². The summed E-state index contributed by atoms with van der Waals surface area (Å²) in [7, 11) is 1.49. The maximum absolute atomic E-state index is 11.9. The van der Waals surface area contributed by atoms with Crippen molar-refractivity contribution < 1.29 is 9.63 Å². The molecule has 0 spiro atoms. The molecule has 0 saturated carbocycles. The number of hydrogen-bond donors (Lipinski definition) is 0. The van der Waals surface area contributed by atoms with Crippen LogP contribution in [0.3, 0.4) is 0 Å². The van der Waals surface area contributed by atoms with E-state index in [4.69, 9.17) is 16.4 Å². The number of benzene rings is 1. The van der Waals surface area contributed by atoms with E-state index in [1.54, 1.807) is 0 Å². The molecule has 1 aromatic rings. The molecule has 0 N–H and O–H groups in total. The van der Waals surface area contributed by atoms with Crippen LogP contribution in [-0.4, -0.2) is 18.9 Å². The van der Waals surface area contributed by atoms with Gasteiger partial charge >= 0.3 is 0 Å². The molecule has 1 rings (SSSR count). The van der Waals surface area contributed by atoms with Crippen LogP contribution in [0.5, 0.6) is 0 Å². The molecule has 1 aromatic carbocycles. The molecule has 4 heteroatoms. The first-order valence-corrected chi connectivity index (χ1v) is 6.68. The van der Waals surface area contributed by atoms with Gasteiger partial charge in [-0.25, -0.2) is 0 Å². The van der Waals surface area contributed by atoms with Gasteiger partial charge in [0.2, 0.25) is 0 Å². The van der Waals surface area contributed by atoms with Crippen molar-refractivity contribution in [3.8, 4) is 0 Å². The fraction of sp³-hybridized carbons (Fsp3) is 0.500. The van der Waals surface area contributed by atoms with E-state index in [9.17, 15) is 4.79 Å². The van der Waals surface area contributed by atoms with Crippen molar-refractivity contribution in [3.63, 3.8) is 0 Å². The Bertz CT molecular complexity index is 432. The van der Waals surface area contributed by atoms with Crippen LogP contribution in [0.25, 0.3) is 0 Å². The number of alkyl halides is 1. The number of anilines is 1. The molecule has 0 fully saturated rings. The Morgan fingerprint density at radius 2 is 2.00 bits per heavy atom. The number of carbonyl (C=O) groups excluding carboxylic acids is 1. The highest BCUT2D eigenvalue weighted by Crippen LogP contribution is 2.30. The number of aryl methyl sites for hydroxylation is 2. The van der Waals surface area contributed by atoms with E-state index >= 15 is 0 Å². The van der Waals surface area contributed by atoms with Crippen molar-refractivity contribution in [2.24, 2.45) is 0 Å². The second-order valence-electron chi connectivity index (χ2n) is 4.08. The van der Waals surface area contributed by atoms with Crippen molar-refractivity contribution in [2.45, 2.75) is 33.6 Å². The Morgan fingerprint density at radius 3 is 2.44 bits per heavy atom. The third kappa shape index (κ3) is 2.85. The average Bonchev–Trinajstić information content (AvgIpc) is 2.39. The third-order valence-electron chi connectivity index (χ3n) is 3.06. The molecule has 18 heavy (non-hydrogen) atoms. The number of nitrogens with zero attached hydrogens (tertiary/aromatic N) is 1. The van der Waals surface area contributed by atoms with Crippen LogP contribution in [0.15, 0.2) is 12.1 Å². The van der Waals surface area contributed by atoms with Crippen LogP contribution >= 0.6 is 11.6 Å². The van der Waals surface area contributed by atoms with E-state index < -0.39 is 0 Å². The van der Waals surface area contributed by atoms with E-state index in [0.29, 0.717) is 0 Å².